The van der Waals surface area contributed by atoms with E-state index in [1.165, 1.54) is 0 Å². The predicted octanol–water partition coefficient (Wildman–Crippen LogP) is 1.61. The summed E-state index contributed by atoms with van der Waals surface area (Å²) >= 11 is 0. The van der Waals surface area contributed by atoms with Gasteiger partial charge in [0.05, 0.1) is 19.3 Å². The van der Waals surface area contributed by atoms with Crippen LogP contribution in [0.15, 0.2) is 0 Å². The van der Waals surface area contributed by atoms with Crippen LogP contribution in [0.2, 0.25) is 0 Å². The first kappa shape index (κ1) is 11.7. The molecule has 0 bridgehead atoms. The van der Waals surface area contributed by atoms with Gasteiger partial charge < -0.3 is 15.0 Å². The van der Waals surface area contributed by atoms with E-state index in [2.05, 4.69) is 26.1 Å². The van der Waals surface area contributed by atoms with E-state index in [4.69, 9.17) is 4.74 Å². The third kappa shape index (κ3) is 2.32. The Hall–Kier alpha value is -0.770. The Labute approximate surface area is 97.3 Å². The smallest absolute Gasteiger partial charge is 0.318 e. The number of carbonyl (C=O) groups excluding carboxylic acids is 1. The zero-order chi connectivity index (χ0) is 11.8. The fourth-order valence-corrected chi connectivity index (χ4v) is 2.49. The van der Waals surface area contributed by atoms with E-state index in [9.17, 15) is 4.79 Å². The second kappa shape index (κ2) is 4.24. The molecule has 16 heavy (non-hydrogen) atoms. The Bertz CT molecular complexity index is 269. The molecule has 0 saturated carbocycles. The summed E-state index contributed by atoms with van der Waals surface area (Å²) in [5, 5.41) is 3.02. The molecule has 92 valence electrons. The normalized spacial score (nSPS) is 26.7. The molecule has 2 saturated heterocycles. The minimum absolute atomic E-state index is 0.0886. The van der Waals surface area contributed by atoms with Crippen molar-refractivity contribution in [3.8, 4) is 0 Å². The van der Waals surface area contributed by atoms with Crippen LogP contribution < -0.4 is 5.32 Å². The summed E-state index contributed by atoms with van der Waals surface area (Å²) in [7, 11) is 0. The van der Waals surface area contributed by atoms with Gasteiger partial charge in [-0.15, -0.1) is 0 Å². The molecule has 0 spiro atoms. The van der Waals surface area contributed by atoms with Crippen molar-refractivity contribution in [1.29, 1.82) is 0 Å². The van der Waals surface area contributed by atoms with E-state index in [1.54, 1.807) is 0 Å². The van der Waals surface area contributed by atoms with Gasteiger partial charge in [-0.1, -0.05) is 20.8 Å². The number of likely N-dealkylation sites (tertiary alicyclic amines) is 1. The van der Waals surface area contributed by atoms with Crippen molar-refractivity contribution < 1.29 is 9.53 Å². The SMILES string of the molecule is CC(C)(C)C1CCCN1C(=O)NC1COC1. The summed E-state index contributed by atoms with van der Waals surface area (Å²) in [6.07, 6.45) is 2.24. The second-order valence-electron chi connectivity index (χ2n) is 5.90. The number of urea groups is 1. The molecule has 2 amide bonds. The van der Waals surface area contributed by atoms with E-state index < -0.39 is 0 Å². The lowest BCUT2D eigenvalue weighted by atomic mass is 9.85. The van der Waals surface area contributed by atoms with Gasteiger partial charge in [-0.05, 0) is 18.3 Å². The summed E-state index contributed by atoms with van der Waals surface area (Å²) in [5.74, 6) is 0. The van der Waals surface area contributed by atoms with Crippen molar-refractivity contribution >= 4 is 6.03 Å². The average molecular weight is 226 g/mol. The number of amides is 2. The van der Waals surface area contributed by atoms with Crippen LogP contribution in [0.5, 0.6) is 0 Å². The quantitative estimate of drug-likeness (QED) is 0.738. The first-order valence-electron chi connectivity index (χ1n) is 6.13. The molecule has 2 heterocycles. The van der Waals surface area contributed by atoms with Crippen molar-refractivity contribution in [3.05, 3.63) is 0 Å². The first-order valence-corrected chi connectivity index (χ1v) is 6.13. The maximum Gasteiger partial charge on any atom is 0.318 e. The molecule has 0 aromatic carbocycles. The number of hydrogen-bond acceptors (Lipinski definition) is 2. The van der Waals surface area contributed by atoms with Crippen molar-refractivity contribution in [3.63, 3.8) is 0 Å². The zero-order valence-corrected chi connectivity index (χ0v) is 10.5. The van der Waals surface area contributed by atoms with Gasteiger partial charge in [0.2, 0.25) is 0 Å². The summed E-state index contributed by atoms with van der Waals surface area (Å²) in [4.78, 5) is 14.1. The zero-order valence-electron chi connectivity index (χ0n) is 10.5. The van der Waals surface area contributed by atoms with Gasteiger partial charge in [0.15, 0.2) is 0 Å². The number of rotatable bonds is 1. The van der Waals surface area contributed by atoms with Gasteiger partial charge in [0.25, 0.3) is 0 Å². The van der Waals surface area contributed by atoms with Gasteiger partial charge in [0.1, 0.15) is 0 Å². The molecule has 1 unspecified atom stereocenters. The molecule has 0 radical (unpaired) electrons. The highest BCUT2D eigenvalue weighted by Crippen LogP contribution is 2.32. The van der Waals surface area contributed by atoms with E-state index in [1.807, 2.05) is 4.90 Å². The van der Waals surface area contributed by atoms with E-state index in [0.717, 1.165) is 19.4 Å². The highest BCUT2D eigenvalue weighted by Gasteiger charge is 2.37. The van der Waals surface area contributed by atoms with Gasteiger partial charge in [0, 0.05) is 12.6 Å². The Morgan fingerprint density at radius 1 is 1.38 bits per heavy atom. The molecule has 0 aliphatic carbocycles. The second-order valence-corrected chi connectivity index (χ2v) is 5.90. The highest BCUT2D eigenvalue weighted by molar-refractivity contribution is 5.75. The molecule has 0 aromatic rings. The Morgan fingerprint density at radius 2 is 2.06 bits per heavy atom. The summed E-state index contributed by atoms with van der Waals surface area (Å²) in [6.45, 7) is 8.84. The van der Waals surface area contributed by atoms with Crippen LogP contribution in [-0.4, -0.2) is 42.8 Å². The molecule has 2 fully saturated rings. The number of nitrogens with one attached hydrogen (secondary N) is 1. The molecule has 2 aliphatic heterocycles. The molecule has 1 N–H and O–H groups in total. The molecule has 4 nitrogen and oxygen atoms in total. The Balaban J connectivity index is 1.93. The number of ether oxygens (including phenoxy) is 1. The van der Waals surface area contributed by atoms with Crippen molar-refractivity contribution in [1.82, 2.24) is 10.2 Å². The van der Waals surface area contributed by atoms with Crippen molar-refractivity contribution in [2.24, 2.45) is 5.41 Å². The fraction of sp³-hybridized carbons (Fsp3) is 0.917. The van der Waals surface area contributed by atoms with E-state index >= 15 is 0 Å². The lowest BCUT2D eigenvalue weighted by molar-refractivity contribution is -0.00308. The van der Waals surface area contributed by atoms with Crippen LogP contribution in [-0.2, 0) is 4.74 Å². The molecule has 1 atom stereocenters. The number of nitrogens with zero attached hydrogens (tertiary/aromatic N) is 1. The summed E-state index contributed by atoms with van der Waals surface area (Å²) in [6, 6.07) is 0.688. The topological polar surface area (TPSA) is 41.6 Å². The van der Waals surface area contributed by atoms with Crippen LogP contribution in [0.25, 0.3) is 0 Å². The fourth-order valence-electron chi connectivity index (χ4n) is 2.49. The monoisotopic (exact) mass is 226 g/mol. The standard InChI is InChI=1S/C12H22N2O2/c1-12(2,3)10-5-4-6-14(10)11(15)13-9-7-16-8-9/h9-10H,4-8H2,1-3H3,(H,13,15). The van der Waals surface area contributed by atoms with Crippen LogP contribution in [0.3, 0.4) is 0 Å². The maximum atomic E-state index is 12.1. The van der Waals surface area contributed by atoms with E-state index in [0.29, 0.717) is 19.3 Å². The predicted molar refractivity (Wildman–Crippen MR) is 62.3 cm³/mol. The third-order valence-electron chi connectivity index (χ3n) is 3.48. The van der Waals surface area contributed by atoms with Crippen LogP contribution in [0, 0.1) is 5.41 Å². The summed E-state index contributed by atoms with van der Waals surface area (Å²) < 4.78 is 5.06. The molecule has 2 rings (SSSR count). The molecule has 2 aliphatic rings. The number of carbonyl (C=O) groups is 1. The summed E-state index contributed by atoms with van der Waals surface area (Å²) in [5.41, 5.74) is 0.171. The van der Waals surface area contributed by atoms with Gasteiger partial charge in [-0.3, -0.25) is 0 Å². The minimum atomic E-state index is 0.0886. The number of hydrogen-bond donors (Lipinski definition) is 1. The molecule has 0 aromatic heterocycles. The van der Waals surface area contributed by atoms with Gasteiger partial charge >= 0.3 is 6.03 Å². The van der Waals surface area contributed by atoms with Crippen LogP contribution in [0.1, 0.15) is 33.6 Å². The highest BCUT2D eigenvalue weighted by atomic mass is 16.5. The lowest BCUT2D eigenvalue weighted by Gasteiger charge is -2.37. The lowest BCUT2D eigenvalue weighted by Crippen LogP contribution is -2.55. The van der Waals surface area contributed by atoms with Gasteiger partial charge in [-0.2, -0.15) is 0 Å². The third-order valence-corrected chi connectivity index (χ3v) is 3.48. The van der Waals surface area contributed by atoms with E-state index in [-0.39, 0.29) is 17.5 Å². The maximum absolute atomic E-state index is 12.1. The van der Waals surface area contributed by atoms with Crippen LogP contribution in [0.4, 0.5) is 4.79 Å². The van der Waals surface area contributed by atoms with Crippen molar-refractivity contribution in [2.75, 3.05) is 19.8 Å². The largest absolute Gasteiger partial charge is 0.377 e. The van der Waals surface area contributed by atoms with Crippen molar-refractivity contribution in [2.45, 2.75) is 45.7 Å². The van der Waals surface area contributed by atoms with Crippen LogP contribution >= 0.6 is 0 Å². The first-order chi connectivity index (χ1) is 7.48. The molecular formula is C12H22N2O2. The Morgan fingerprint density at radius 3 is 2.56 bits per heavy atom. The average Bonchev–Trinajstić information content (AvgIpc) is 2.58. The Kier molecular flexibility index (Phi) is 3.10. The molecular weight excluding hydrogens is 204 g/mol. The minimum Gasteiger partial charge on any atom is -0.377 e. The van der Waals surface area contributed by atoms with Gasteiger partial charge in [-0.25, -0.2) is 4.79 Å². The molecule has 4 heteroatoms.